The summed E-state index contributed by atoms with van der Waals surface area (Å²) in [6, 6.07) is 0. The standard InChI is InChI=1S/C13H24O/c1-13(2,3)10-12-6-4-11(5-7-12)8-9-14/h9,11-12H,4-8,10H2,1-3H3. The van der Waals surface area contributed by atoms with Crippen LogP contribution < -0.4 is 0 Å². The Morgan fingerprint density at radius 1 is 1.07 bits per heavy atom. The number of rotatable bonds is 3. The summed E-state index contributed by atoms with van der Waals surface area (Å²) in [4.78, 5) is 10.4. The van der Waals surface area contributed by atoms with Gasteiger partial charge in [0.1, 0.15) is 6.29 Å². The number of hydrogen-bond donors (Lipinski definition) is 0. The molecule has 14 heavy (non-hydrogen) atoms. The molecule has 0 atom stereocenters. The van der Waals surface area contributed by atoms with E-state index >= 15 is 0 Å². The van der Waals surface area contributed by atoms with Crippen LogP contribution in [-0.4, -0.2) is 6.29 Å². The van der Waals surface area contributed by atoms with E-state index in [0.717, 1.165) is 18.6 Å². The van der Waals surface area contributed by atoms with Crippen LogP contribution in [0.5, 0.6) is 0 Å². The van der Waals surface area contributed by atoms with Crippen LogP contribution >= 0.6 is 0 Å². The second-order valence-electron chi connectivity index (χ2n) is 6.05. The summed E-state index contributed by atoms with van der Waals surface area (Å²) < 4.78 is 0. The smallest absolute Gasteiger partial charge is 0.120 e. The minimum atomic E-state index is 0.474. The van der Waals surface area contributed by atoms with Gasteiger partial charge in [0, 0.05) is 6.42 Å². The van der Waals surface area contributed by atoms with Crippen LogP contribution in [0.4, 0.5) is 0 Å². The molecule has 82 valence electrons. The summed E-state index contributed by atoms with van der Waals surface area (Å²) in [5.41, 5.74) is 0.474. The molecule has 1 nitrogen and oxygen atoms in total. The third-order valence-corrected chi connectivity index (χ3v) is 3.30. The van der Waals surface area contributed by atoms with Crippen LogP contribution in [0.15, 0.2) is 0 Å². The molecule has 0 amide bonds. The predicted molar refractivity (Wildman–Crippen MR) is 60.2 cm³/mol. The van der Waals surface area contributed by atoms with Gasteiger partial charge in [-0.25, -0.2) is 0 Å². The van der Waals surface area contributed by atoms with Crippen molar-refractivity contribution in [3.8, 4) is 0 Å². The first-order valence-corrected chi connectivity index (χ1v) is 5.95. The second kappa shape index (κ2) is 4.95. The topological polar surface area (TPSA) is 17.1 Å². The van der Waals surface area contributed by atoms with Crippen molar-refractivity contribution in [2.24, 2.45) is 17.3 Å². The lowest BCUT2D eigenvalue weighted by atomic mass is 9.74. The van der Waals surface area contributed by atoms with Gasteiger partial charge in [-0.05, 0) is 36.5 Å². The SMILES string of the molecule is CC(C)(C)CC1CCC(CC=O)CC1. The highest BCUT2D eigenvalue weighted by atomic mass is 16.1. The van der Waals surface area contributed by atoms with Gasteiger partial charge in [0.2, 0.25) is 0 Å². The third-order valence-electron chi connectivity index (χ3n) is 3.30. The van der Waals surface area contributed by atoms with Crippen LogP contribution in [0.3, 0.4) is 0 Å². The Kier molecular flexibility index (Phi) is 4.15. The summed E-state index contributed by atoms with van der Waals surface area (Å²) >= 11 is 0. The van der Waals surface area contributed by atoms with E-state index in [1.54, 1.807) is 0 Å². The molecular formula is C13H24O. The first kappa shape index (κ1) is 11.7. The zero-order valence-corrected chi connectivity index (χ0v) is 9.88. The predicted octanol–water partition coefficient (Wildman–Crippen LogP) is 3.82. The lowest BCUT2D eigenvalue weighted by Gasteiger charge is -2.32. The molecule has 1 aliphatic carbocycles. The van der Waals surface area contributed by atoms with Crippen LogP contribution in [0, 0.1) is 17.3 Å². The van der Waals surface area contributed by atoms with Crippen molar-refractivity contribution >= 4 is 6.29 Å². The fourth-order valence-electron chi connectivity index (χ4n) is 2.67. The van der Waals surface area contributed by atoms with E-state index in [1.807, 2.05) is 0 Å². The molecule has 0 spiro atoms. The van der Waals surface area contributed by atoms with Gasteiger partial charge in [-0.3, -0.25) is 0 Å². The van der Waals surface area contributed by atoms with Gasteiger partial charge in [0.25, 0.3) is 0 Å². The molecule has 0 N–H and O–H groups in total. The summed E-state index contributed by atoms with van der Waals surface area (Å²) in [5, 5.41) is 0. The molecule has 0 radical (unpaired) electrons. The maximum absolute atomic E-state index is 10.4. The average Bonchev–Trinajstić information content (AvgIpc) is 2.06. The molecule has 1 aliphatic rings. The molecule has 1 heteroatoms. The zero-order chi connectivity index (χ0) is 10.6. The van der Waals surface area contributed by atoms with Gasteiger partial charge in [-0.15, -0.1) is 0 Å². The highest BCUT2D eigenvalue weighted by Crippen LogP contribution is 2.36. The minimum absolute atomic E-state index is 0.474. The van der Waals surface area contributed by atoms with Crippen molar-refractivity contribution in [2.75, 3.05) is 0 Å². The number of carbonyl (C=O) groups is 1. The van der Waals surface area contributed by atoms with Crippen LogP contribution in [-0.2, 0) is 4.79 Å². The van der Waals surface area contributed by atoms with Crippen LogP contribution in [0.25, 0.3) is 0 Å². The summed E-state index contributed by atoms with van der Waals surface area (Å²) in [7, 11) is 0. The van der Waals surface area contributed by atoms with Crippen LogP contribution in [0.1, 0.15) is 59.3 Å². The Bertz CT molecular complexity index is 170. The summed E-state index contributed by atoms with van der Waals surface area (Å²) in [6.07, 6.45) is 8.47. The lowest BCUT2D eigenvalue weighted by molar-refractivity contribution is -0.108. The van der Waals surface area contributed by atoms with Crippen molar-refractivity contribution in [1.29, 1.82) is 0 Å². The normalized spacial score (nSPS) is 28.8. The Morgan fingerprint density at radius 3 is 2.00 bits per heavy atom. The van der Waals surface area contributed by atoms with E-state index in [0.29, 0.717) is 11.3 Å². The van der Waals surface area contributed by atoms with E-state index in [9.17, 15) is 4.79 Å². The monoisotopic (exact) mass is 196 g/mol. The quantitative estimate of drug-likeness (QED) is 0.627. The molecule has 1 saturated carbocycles. The highest BCUT2D eigenvalue weighted by Gasteiger charge is 2.24. The largest absolute Gasteiger partial charge is 0.303 e. The maximum Gasteiger partial charge on any atom is 0.120 e. The van der Waals surface area contributed by atoms with Crippen LogP contribution in [0.2, 0.25) is 0 Å². The first-order chi connectivity index (χ1) is 6.51. The first-order valence-electron chi connectivity index (χ1n) is 5.95. The lowest BCUT2D eigenvalue weighted by Crippen LogP contribution is -2.19. The Balaban J connectivity index is 2.25. The van der Waals surface area contributed by atoms with Gasteiger partial charge in [0.05, 0.1) is 0 Å². The Hall–Kier alpha value is -0.330. The minimum Gasteiger partial charge on any atom is -0.303 e. The average molecular weight is 196 g/mol. The molecule has 1 rings (SSSR count). The molecule has 0 heterocycles. The van der Waals surface area contributed by atoms with E-state index in [1.165, 1.54) is 32.1 Å². The molecule has 0 aromatic carbocycles. The molecule has 0 aliphatic heterocycles. The summed E-state index contributed by atoms with van der Waals surface area (Å²) in [6.45, 7) is 6.97. The van der Waals surface area contributed by atoms with Gasteiger partial charge in [-0.1, -0.05) is 33.6 Å². The molecular weight excluding hydrogens is 172 g/mol. The third kappa shape index (κ3) is 4.26. The highest BCUT2D eigenvalue weighted by molar-refractivity contribution is 5.49. The van der Waals surface area contributed by atoms with Crippen molar-refractivity contribution in [1.82, 2.24) is 0 Å². The molecule has 0 bridgehead atoms. The van der Waals surface area contributed by atoms with Gasteiger partial charge >= 0.3 is 0 Å². The van der Waals surface area contributed by atoms with Crippen molar-refractivity contribution in [2.45, 2.75) is 59.3 Å². The van der Waals surface area contributed by atoms with Gasteiger partial charge in [-0.2, -0.15) is 0 Å². The maximum atomic E-state index is 10.4. The fourth-order valence-corrected chi connectivity index (χ4v) is 2.67. The Labute approximate surface area is 88.3 Å². The summed E-state index contributed by atoms with van der Waals surface area (Å²) in [5.74, 6) is 1.61. The molecule has 0 saturated heterocycles. The molecule has 0 aromatic rings. The number of hydrogen-bond acceptors (Lipinski definition) is 1. The van der Waals surface area contributed by atoms with Crippen molar-refractivity contribution < 1.29 is 4.79 Å². The number of aldehydes is 1. The molecule has 0 unspecified atom stereocenters. The van der Waals surface area contributed by atoms with E-state index < -0.39 is 0 Å². The van der Waals surface area contributed by atoms with Gasteiger partial charge in [0.15, 0.2) is 0 Å². The van der Waals surface area contributed by atoms with Crippen molar-refractivity contribution in [3.63, 3.8) is 0 Å². The molecule has 0 aromatic heterocycles. The Morgan fingerprint density at radius 2 is 1.57 bits per heavy atom. The van der Waals surface area contributed by atoms with E-state index in [2.05, 4.69) is 20.8 Å². The zero-order valence-electron chi connectivity index (χ0n) is 9.88. The van der Waals surface area contributed by atoms with Gasteiger partial charge < -0.3 is 4.79 Å². The van der Waals surface area contributed by atoms with E-state index in [4.69, 9.17) is 0 Å². The van der Waals surface area contributed by atoms with E-state index in [-0.39, 0.29) is 0 Å². The van der Waals surface area contributed by atoms with Crippen molar-refractivity contribution in [3.05, 3.63) is 0 Å². The second-order valence-corrected chi connectivity index (χ2v) is 6.05. The fraction of sp³-hybridized carbons (Fsp3) is 0.923. The number of carbonyl (C=O) groups excluding carboxylic acids is 1. The molecule has 1 fully saturated rings.